The smallest absolute Gasteiger partial charge is 0.330 e. The first kappa shape index (κ1) is 15.9. The minimum atomic E-state index is -3.82. The number of aryl methyl sites for hydroxylation is 1. The van der Waals surface area contributed by atoms with Gasteiger partial charge in [0.2, 0.25) is 0 Å². The van der Waals surface area contributed by atoms with Gasteiger partial charge >= 0.3 is 5.69 Å². The molecule has 3 N–H and O–H groups in total. The predicted molar refractivity (Wildman–Crippen MR) is 71.4 cm³/mol. The molecule has 1 aromatic rings. The third kappa shape index (κ3) is 3.07. The fourth-order valence-electron chi connectivity index (χ4n) is 2.15. The molecule has 2 rings (SSSR count). The number of nitrogens with one attached hydrogen (secondary N) is 1. The molecule has 21 heavy (non-hydrogen) atoms. The molecule has 0 radical (unpaired) electrons. The van der Waals surface area contributed by atoms with Gasteiger partial charge in [0.15, 0.2) is 15.3 Å². The Labute approximate surface area is 119 Å². The fraction of sp³-hybridized carbons (Fsp3) is 0.636. The summed E-state index contributed by atoms with van der Waals surface area (Å²) < 4.78 is 29.0. The first-order valence-electron chi connectivity index (χ1n) is 6.14. The molecule has 0 amide bonds. The van der Waals surface area contributed by atoms with Crippen molar-refractivity contribution in [3.8, 4) is 0 Å². The Hall–Kier alpha value is -1.49. The molecular formula is C11H16N2O7S. The molecule has 0 saturated carbocycles. The number of H-pyrrole nitrogens is 1. The van der Waals surface area contributed by atoms with E-state index < -0.39 is 45.0 Å². The van der Waals surface area contributed by atoms with E-state index >= 15 is 0 Å². The third-order valence-electron chi connectivity index (χ3n) is 3.31. The minimum Gasteiger partial charge on any atom is -0.390 e. The van der Waals surface area contributed by atoms with Crippen molar-refractivity contribution in [3.63, 3.8) is 0 Å². The number of hydrogen-bond donors (Lipinski definition) is 3. The Kier molecular flexibility index (Phi) is 4.06. The second kappa shape index (κ2) is 5.37. The quantitative estimate of drug-likeness (QED) is 0.577. The van der Waals surface area contributed by atoms with Gasteiger partial charge < -0.3 is 14.9 Å². The maximum Gasteiger partial charge on any atom is 0.330 e. The van der Waals surface area contributed by atoms with E-state index in [0.717, 1.165) is 10.8 Å². The first-order chi connectivity index (χ1) is 9.61. The predicted octanol–water partition coefficient (Wildman–Crippen LogP) is -2.14. The summed E-state index contributed by atoms with van der Waals surface area (Å²) >= 11 is 0. The zero-order chi connectivity index (χ0) is 15.9. The molecule has 1 aromatic heterocycles. The van der Waals surface area contributed by atoms with Gasteiger partial charge in [-0.25, -0.2) is 13.2 Å². The average Bonchev–Trinajstić information content (AvgIpc) is 2.73. The van der Waals surface area contributed by atoms with Crippen LogP contribution in [0.15, 0.2) is 15.8 Å². The molecular weight excluding hydrogens is 304 g/mol. The highest BCUT2D eigenvalue weighted by Gasteiger charge is 2.43. The minimum absolute atomic E-state index is 0.0807. The van der Waals surface area contributed by atoms with Crippen LogP contribution in [0.3, 0.4) is 0 Å². The van der Waals surface area contributed by atoms with Crippen LogP contribution in [0.2, 0.25) is 0 Å². The van der Waals surface area contributed by atoms with Crippen LogP contribution in [0.25, 0.3) is 0 Å². The number of aliphatic hydroxyl groups is 2. The van der Waals surface area contributed by atoms with Crippen molar-refractivity contribution in [1.29, 1.82) is 0 Å². The Morgan fingerprint density at radius 3 is 2.67 bits per heavy atom. The Balaban J connectivity index is 2.32. The van der Waals surface area contributed by atoms with Crippen LogP contribution in [0.5, 0.6) is 0 Å². The van der Waals surface area contributed by atoms with Gasteiger partial charge in [-0.1, -0.05) is 0 Å². The lowest BCUT2D eigenvalue weighted by Crippen LogP contribution is -2.40. The Morgan fingerprint density at radius 1 is 1.48 bits per heavy atom. The van der Waals surface area contributed by atoms with Gasteiger partial charge in [0.05, 0.1) is 6.10 Å². The van der Waals surface area contributed by atoms with Crippen molar-refractivity contribution in [3.05, 3.63) is 32.6 Å². The van der Waals surface area contributed by atoms with E-state index in [2.05, 4.69) is 4.98 Å². The normalized spacial score (nSPS) is 27.7. The largest absolute Gasteiger partial charge is 0.390 e. The fourth-order valence-corrected chi connectivity index (χ4v) is 2.88. The second-order valence-electron chi connectivity index (χ2n) is 5.06. The number of nitrogens with zero attached hydrogens (tertiary/aromatic N) is 1. The van der Waals surface area contributed by atoms with Crippen molar-refractivity contribution in [2.75, 3.05) is 6.26 Å². The molecule has 1 aliphatic heterocycles. The van der Waals surface area contributed by atoms with Gasteiger partial charge in [-0.15, -0.1) is 0 Å². The number of rotatable bonds is 3. The molecule has 1 saturated heterocycles. The van der Waals surface area contributed by atoms with Crippen LogP contribution in [-0.2, 0) is 14.6 Å². The Bertz CT molecular complexity index is 751. The molecule has 4 atom stereocenters. The Morgan fingerprint density at radius 2 is 2.10 bits per heavy atom. The summed E-state index contributed by atoms with van der Waals surface area (Å²) in [6.07, 6.45) is -1.58. The van der Waals surface area contributed by atoms with Crippen LogP contribution in [0.1, 0.15) is 18.2 Å². The molecule has 0 aromatic carbocycles. The van der Waals surface area contributed by atoms with Crippen LogP contribution >= 0.6 is 0 Å². The van der Waals surface area contributed by atoms with Crippen LogP contribution in [0, 0.1) is 6.92 Å². The topological polar surface area (TPSA) is 139 Å². The number of hydrogen-bond acceptors (Lipinski definition) is 7. The van der Waals surface area contributed by atoms with E-state index in [9.17, 15) is 28.2 Å². The van der Waals surface area contributed by atoms with E-state index in [1.54, 1.807) is 0 Å². The van der Waals surface area contributed by atoms with E-state index in [1.807, 2.05) is 0 Å². The van der Waals surface area contributed by atoms with Gasteiger partial charge in [0.25, 0.3) is 5.56 Å². The average molecular weight is 320 g/mol. The van der Waals surface area contributed by atoms with Crippen molar-refractivity contribution in [2.45, 2.75) is 37.2 Å². The lowest BCUT2D eigenvalue weighted by molar-refractivity contribution is -0.0587. The molecule has 1 aliphatic rings. The lowest BCUT2D eigenvalue weighted by atomic mass is 10.2. The summed E-state index contributed by atoms with van der Waals surface area (Å²) in [5.41, 5.74) is -2.91. The summed E-state index contributed by atoms with van der Waals surface area (Å²) in [5, 5.41) is 19.5. The number of aliphatic hydroxyl groups excluding tert-OH is 2. The summed E-state index contributed by atoms with van der Waals surface area (Å²) in [4.78, 5) is 25.1. The molecule has 0 spiro atoms. The second-order valence-corrected chi connectivity index (χ2v) is 7.20. The molecule has 10 heteroatoms. The number of aromatic amines is 1. The molecule has 0 aliphatic carbocycles. The molecule has 1 unspecified atom stereocenters. The number of aromatic nitrogens is 2. The summed E-state index contributed by atoms with van der Waals surface area (Å²) in [5.74, 6) is 0. The maximum absolute atomic E-state index is 11.7. The standard InChI is InChI=1S/C11H16N2O7S/c1-5-4-13(11(17)12-9(5)15)7-3-6(14)8(20-7)10(16)21(2,18)19/h4,6-8,10,14,16H,3H2,1-2H3,(H,12,15,17)/t6-,7+,8-,10?/m0/s1. The number of ether oxygens (including phenoxy) is 1. The first-order valence-corrected chi connectivity index (χ1v) is 8.09. The van der Waals surface area contributed by atoms with Crippen LogP contribution in [-0.4, -0.2) is 52.1 Å². The summed E-state index contributed by atoms with van der Waals surface area (Å²) in [6.45, 7) is 1.49. The van der Waals surface area contributed by atoms with E-state index in [-0.39, 0.29) is 12.0 Å². The van der Waals surface area contributed by atoms with Gasteiger partial charge in [0.1, 0.15) is 12.3 Å². The molecule has 9 nitrogen and oxygen atoms in total. The highest BCUT2D eigenvalue weighted by molar-refractivity contribution is 7.91. The van der Waals surface area contributed by atoms with Gasteiger partial charge in [-0.3, -0.25) is 14.3 Å². The highest BCUT2D eigenvalue weighted by atomic mass is 32.2. The maximum atomic E-state index is 11.7. The van der Waals surface area contributed by atoms with Crippen LogP contribution in [0.4, 0.5) is 0 Å². The highest BCUT2D eigenvalue weighted by Crippen LogP contribution is 2.30. The zero-order valence-electron chi connectivity index (χ0n) is 11.4. The van der Waals surface area contributed by atoms with E-state index in [0.29, 0.717) is 0 Å². The molecule has 0 bridgehead atoms. The summed E-state index contributed by atoms with van der Waals surface area (Å²) in [7, 11) is -3.82. The zero-order valence-corrected chi connectivity index (χ0v) is 12.2. The van der Waals surface area contributed by atoms with Crippen molar-refractivity contribution >= 4 is 9.84 Å². The SMILES string of the molecule is Cc1cn([C@H]2C[C@H](O)[C@@H](C(O)S(C)(=O)=O)O2)c(=O)[nH]c1=O. The molecule has 2 heterocycles. The van der Waals surface area contributed by atoms with Gasteiger partial charge in [-0.2, -0.15) is 0 Å². The molecule has 1 fully saturated rings. The van der Waals surface area contributed by atoms with Crippen molar-refractivity contribution < 1.29 is 23.4 Å². The van der Waals surface area contributed by atoms with Gasteiger partial charge in [0, 0.05) is 24.4 Å². The third-order valence-corrected chi connectivity index (χ3v) is 4.46. The molecule has 118 valence electrons. The number of sulfone groups is 1. The summed E-state index contributed by atoms with van der Waals surface area (Å²) in [6, 6.07) is 0. The van der Waals surface area contributed by atoms with E-state index in [4.69, 9.17) is 4.74 Å². The van der Waals surface area contributed by atoms with Gasteiger partial charge in [-0.05, 0) is 6.92 Å². The van der Waals surface area contributed by atoms with Crippen molar-refractivity contribution in [2.24, 2.45) is 0 Å². The monoisotopic (exact) mass is 320 g/mol. The van der Waals surface area contributed by atoms with E-state index in [1.165, 1.54) is 13.1 Å². The lowest BCUT2D eigenvalue weighted by Gasteiger charge is -2.20. The van der Waals surface area contributed by atoms with Crippen molar-refractivity contribution in [1.82, 2.24) is 9.55 Å². The van der Waals surface area contributed by atoms with Crippen LogP contribution < -0.4 is 11.2 Å².